The molecule has 0 amide bonds. The maximum Gasteiger partial charge on any atom is 0.0702 e. The first-order valence-corrected chi connectivity index (χ1v) is 7.39. The quantitative estimate of drug-likeness (QED) is 0.776. The van der Waals surface area contributed by atoms with E-state index in [1.54, 1.807) is 0 Å². The van der Waals surface area contributed by atoms with Gasteiger partial charge in [-0.15, -0.1) is 0 Å². The van der Waals surface area contributed by atoms with E-state index in [1.807, 2.05) is 12.3 Å². The summed E-state index contributed by atoms with van der Waals surface area (Å²) in [5.41, 5.74) is 11.3. The molecular formula is C19H20N2. The van der Waals surface area contributed by atoms with Crippen molar-refractivity contribution in [1.82, 2.24) is 4.98 Å². The van der Waals surface area contributed by atoms with E-state index in [2.05, 4.69) is 60.4 Å². The Morgan fingerprint density at radius 3 is 2.76 bits per heavy atom. The second-order valence-corrected chi connectivity index (χ2v) is 5.53. The van der Waals surface area contributed by atoms with E-state index in [1.165, 1.54) is 16.7 Å². The van der Waals surface area contributed by atoms with Gasteiger partial charge >= 0.3 is 0 Å². The van der Waals surface area contributed by atoms with Gasteiger partial charge in [0.05, 0.1) is 5.52 Å². The third-order valence-electron chi connectivity index (χ3n) is 4.04. The maximum absolute atomic E-state index is 6.36. The fourth-order valence-corrected chi connectivity index (χ4v) is 2.69. The van der Waals surface area contributed by atoms with Crippen molar-refractivity contribution in [3.8, 4) is 0 Å². The minimum absolute atomic E-state index is 0.0641. The second-order valence-electron chi connectivity index (χ2n) is 5.53. The summed E-state index contributed by atoms with van der Waals surface area (Å²) in [6, 6.07) is 18.9. The van der Waals surface area contributed by atoms with Crippen LogP contribution in [-0.4, -0.2) is 4.98 Å². The van der Waals surface area contributed by atoms with Gasteiger partial charge in [0.15, 0.2) is 0 Å². The molecule has 0 spiro atoms. The zero-order chi connectivity index (χ0) is 14.7. The molecule has 106 valence electrons. The van der Waals surface area contributed by atoms with Crippen molar-refractivity contribution in [2.45, 2.75) is 25.8 Å². The number of hydrogen-bond donors (Lipinski definition) is 1. The van der Waals surface area contributed by atoms with Crippen molar-refractivity contribution < 1.29 is 0 Å². The molecule has 3 rings (SSSR count). The Balaban J connectivity index is 1.75. The molecule has 0 aliphatic heterocycles. The number of fused-ring (bicyclic) bond motifs is 1. The molecular weight excluding hydrogens is 256 g/mol. The molecule has 1 heterocycles. The van der Waals surface area contributed by atoms with E-state index in [0.717, 1.165) is 23.7 Å². The van der Waals surface area contributed by atoms with Crippen LogP contribution >= 0.6 is 0 Å². The van der Waals surface area contributed by atoms with Crippen molar-refractivity contribution in [3.05, 3.63) is 77.5 Å². The standard InChI is InChI=1S/C19H20N2/c1-14-5-2-3-6-15(14)8-10-18(20)16-9-11-19-17(13-16)7-4-12-21-19/h2-7,9,11-13,18H,8,10,20H2,1H3. The number of nitrogens with two attached hydrogens (primary N) is 1. The normalized spacial score (nSPS) is 12.5. The van der Waals surface area contributed by atoms with Crippen molar-refractivity contribution >= 4 is 10.9 Å². The summed E-state index contributed by atoms with van der Waals surface area (Å²) in [6.07, 6.45) is 3.79. The Labute approximate surface area is 125 Å². The minimum Gasteiger partial charge on any atom is -0.324 e. The highest BCUT2D eigenvalue weighted by Gasteiger charge is 2.08. The first-order valence-electron chi connectivity index (χ1n) is 7.39. The summed E-state index contributed by atoms with van der Waals surface area (Å²) in [5, 5.41) is 1.15. The number of pyridine rings is 1. The van der Waals surface area contributed by atoms with E-state index < -0.39 is 0 Å². The summed E-state index contributed by atoms with van der Waals surface area (Å²) in [5.74, 6) is 0. The van der Waals surface area contributed by atoms with Crippen molar-refractivity contribution in [2.24, 2.45) is 5.73 Å². The van der Waals surface area contributed by atoms with Gasteiger partial charge in [0.2, 0.25) is 0 Å². The van der Waals surface area contributed by atoms with Gasteiger partial charge in [0.1, 0.15) is 0 Å². The molecule has 0 aliphatic carbocycles. The van der Waals surface area contributed by atoms with Crippen LogP contribution in [0.15, 0.2) is 60.8 Å². The fraction of sp³-hybridized carbons (Fsp3) is 0.211. The average molecular weight is 276 g/mol. The topological polar surface area (TPSA) is 38.9 Å². The Morgan fingerprint density at radius 1 is 1.05 bits per heavy atom. The molecule has 0 fully saturated rings. The highest BCUT2D eigenvalue weighted by atomic mass is 14.7. The molecule has 2 nitrogen and oxygen atoms in total. The molecule has 0 radical (unpaired) electrons. The lowest BCUT2D eigenvalue weighted by Crippen LogP contribution is -2.11. The number of aromatic nitrogens is 1. The molecule has 0 aliphatic rings. The minimum atomic E-state index is 0.0641. The SMILES string of the molecule is Cc1ccccc1CCC(N)c1ccc2ncccc2c1. The summed E-state index contributed by atoms with van der Waals surface area (Å²) >= 11 is 0. The number of benzene rings is 2. The zero-order valence-corrected chi connectivity index (χ0v) is 12.3. The average Bonchev–Trinajstić information content (AvgIpc) is 2.53. The first kappa shape index (κ1) is 13.8. The third kappa shape index (κ3) is 3.11. The largest absolute Gasteiger partial charge is 0.324 e. The van der Waals surface area contributed by atoms with Crippen LogP contribution < -0.4 is 5.73 Å². The van der Waals surface area contributed by atoms with Gasteiger partial charge in [-0.2, -0.15) is 0 Å². The molecule has 0 bridgehead atoms. The fourth-order valence-electron chi connectivity index (χ4n) is 2.69. The van der Waals surface area contributed by atoms with Gasteiger partial charge in [0.25, 0.3) is 0 Å². The summed E-state index contributed by atoms with van der Waals surface area (Å²) in [4.78, 5) is 4.35. The van der Waals surface area contributed by atoms with Crippen molar-refractivity contribution in [2.75, 3.05) is 0 Å². The van der Waals surface area contributed by atoms with Crippen LogP contribution in [0.2, 0.25) is 0 Å². The lowest BCUT2D eigenvalue weighted by atomic mass is 9.96. The highest BCUT2D eigenvalue weighted by molar-refractivity contribution is 5.79. The zero-order valence-electron chi connectivity index (χ0n) is 12.3. The molecule has 2 N–H and O–H groups in total. The number of nitrogens with zero attached hydrogens (tertiary/aromatic N) is 1. The molecule has 3 aromatic rings. The summed E-state index contributed by atoms with van der Waals surface area (Å²) < 4.78 is 0. The highest BCUT2D eigenvalue weighted by Crippen LogP contribution is 2.22. The summed E-state index contributed by atoms with van der Waals surface area (Å²) in [6.45, 7) is 2.16. The van der Waals surface area contributed by atoms with E-state index in [4.69, 9.17) is 5.73 Å². The van der Waals surface area contributed by atoms with Crippen LogP contribution in [0.5, 0.6) is 0 Å². The van der Waals surface area contributed by atoms with Crippen LogP contribution in [0.1, 0.15) is 29.2 Å². The second kappa shape index (κ2) is 6.06. The van der Waals surface area contributed by atoms with Crippen LogP contribution in [-0.2, 0) is 6.42 Å². The van der Waals surface area contributed by atoms with Crippen molar-refractivity contribution in [3.63, 3.8) is 0 Å². The van der Waals surface area contributed by atoms with Gasteiger partial charge < -0.3 is 5.73 Å². The molecule has 0 saturated heterocycles. The van der Waals surface area contributed by atoms with Crippen LogP contribution in [0.3, 0.4) is 0 Å². The number of rotatable bonds is 4. The predicted molar refractivity (Wildman–Crippen MR) is 88.2 cm³/mol. The monoisotopic (exact) mass is 276 g/mol. The molecule has 2 heteroatoms. The van der Waals surface area contributed by atoms with Crippen LogP contribution in [0, 0.1) is 6.92 Å². The third-order valence-corrected chi connectivity index (χ3v) is 4.04. The van der Waals surface area contributed by atoms with Gasteiger partial charge in [-0.25, -0.2) is 0 Å². The number of hydrogen-bond acceptors (Lipinski definition) is 2. The van der Waals surface area contributed by atoms with E-state index in [-0.39, 0.29) is 6.04 Å². The van der Waals surface area contributed by atoms with Gasteiger partial charge in [-0.05, 0) is 54.7 Å². The molecule has 21 heavy (non-hydrogen) atoms. The maximum atomic E-state index is 6.36. The molecule has 2 aromatic carbocycles. The van der Waals surface area contributed by atoms with E-state index in [9.17, 15) is 0 Å². The van der Waals surface area contributed by atoms with Gasteiger partial charge in [-0.1, -0.05) is 36.4 Å². The molecule has 1 unspecified atom stereocenters. The summed E-state index contributed by atoms with van der Waals surface area (Å²) in [7, 11) is 0. The lowest BCUT2D eigenvalue weighted by molar-refractivity contribution is 0.650. The Kier molecular flexibility index (Phi) is 3.98. The molecule has 0 saturated carbocycles. The van der Waals surface area contributed by atoms with Crippen molar-refractivity contribution in [1.29, 1.82) is 0 Å². The van der Waals surface area contributed by atoms with E-state index in [0.29, 0.717) is 0 Å². The molecule has 1 aromatic heterocycles. The van der Waals surface area contributed by atoms with Crippen LogP contribution in [0.25, 0.3) is 10.9 Å². The Hall–Kier alpha value is -2.19. The Bertz CT molecular complexity index is 749. The lowest BCUT2D eigenvalue weighted by Gasteiger charge is -2.13. The van der Waals surface area contributed by atoms with Gasteiger partial charge in [0, 0.05) is 17.6 Å². The predicted octanol–water partition coefficient (Wildman–Crippen LogP) is 4.18. The van der Waals surface area contributed by atoms with Gasteiger partial charge in [-0.3, -0.25) is 4.98 Å². The first-order chi connectivity index (χ1) is 10.2. The Morgan fingerprint density at radius 2 is 1.90 bits per heavy atom. The van der Waals surface area contributed by atoms with Crippen LogP contribution in [0.4, 0.5) is 0 Å². The smallest absolute Gasteiger partial charge is 0.0702 e. The van der Waals surface area contributed by atoms with E-state index >= 15 is 0 Å². The number of aryl methyl sites for hydroxylation is 2. The molecule has 1 atom stereocenters.